The van der Waals surface area contributed by atoms with Crippen molar-refractivity contribution in [1.29, 1.82) is 0 Å². The first-order chi connectivity index (χ1) is 8.81. The molecule has 4 nitrogen and oxygen atoms in total. The van der Waals surface area contributed by atoms with E-state index in [-0.39, 0.29) is 0 Å². The van der Waals surface area contributed by atoms with E-state index in [1.54, 1.807) is 6.20 Å². The molecule has 0 aliphatic heterocycles. The van der Waals surface area contributed by atoms with Gasteiger partial charge in [-0.05, 0) is 30.8 Å². The van der Waals surface area contributed by atoms with Gasteiger partial charge in [0.1, 0.15) is 5.82 Å². The third-order valence-electron chi connectivity index (χ3n) is 3.01. The standard InChI is InChI=1S/C14H20N4/c1-3-18(4-2)11-12-6-5-7-13(10-12)16-14-8-9-15-17-14/h5-10H,3-4,11H2,1-2H3,(H2,15,16,17). The van der Waals surface area contributed by atoms with Crippen molar-refractivity contribution < 1.29 is 0 Å². The van der Waals surface area contributed by atoms with Crippen LogP contribution in [0.25, 0.3) is 0 Å². The average Bonchev–Trinajstić information content (AvgIpc) is 2.89. The second-order valence-corrected chi connectivity index (χ2v) is 4.26. The molecular weight excluding hydrogens is 224 g/mol. The number of anilines is 2. The predicted octanol–water partition coefficient (Wildman–Crippen LogP) is 3.00. The van der Waals surface area contributed by atoms with Crippen molar-refractivity contribution >= 4 is 11.5 Å². The van der Waals surface area contributed by atoms with Crippen LogP contribution in [0.5, 0.6) is 0 Å². The molecule has 1 aromatic heterocycles. The zero-order chi connectivity index (χ0) is 12.8. The molecule has 0 saturated carbocycles. The van der Waals surface area contributed by atoms with E-state index >= 15 is 0 Å². The highest BCUT2D eigenvalue weighted by Crippen LogP contribution is 2.16. The minimum Gasteiger partial charge on any atom is -0.341 e. The van der Waals surface area contributed by atoms with Gasteiger partial charge in [0.05, 0.1) is 6.20 Å². The van der Waals surface area contributed by atoms with Crippen molar-refractivity contribution in [3.63, 3.8) is 0 Å². The van der Waals surface area contributed by atoms with E-state index in [1.807, 2.05) is 6.07 Å². The van der Waals surface area contributed by atoms with Gasteiger partial charge in [-0.3, -0.25) is 10.00 Å². The average molecular weight is 244 g/mol. The van der Waals surface area contributed by atoms with Gasteiger partial charge in [-0.1, -0.05) is 26.0 Å². The topological polar surface area (TPSA) is 44.0 Å². The Morgan fingerprint density at radius 1 is 1.22 bits per heavy atom. The maximum absolute atomic E-state index is 3.92. The quantitative estimate of drug-likeness (QED) is 0.821. The fraction of sp³-hybridized carbons (Fsp3) is 0.357. The number of nitrogens with zero attached hydrogens (tertiary/aromatic N) is 2. The zero-order valence-corrected chi connectivity index (χ0v) is 11.0. The van der Waals surface area contributed by atoms with E-state index in [0.29, 0.717) is 0 Å². The number of aromatic amines is 1. The van der Waals surface area contributed by atoms with Crippen LogP contribution < -0.4 is 5.32 Å². The van der Waals surface area contributed by atoms with E-state index in [9.17, 15) is 0 Å². The second kappa shape index (κ2) is 6.21. The molecule has 2 N–H and O–H groups in total. The Morgan fingerprint density at radius 2 is 2.06 bits per heavy atom. The summed E-state index contributed by atoms with van der Waals surface area (Å²) in [5, 5.41) is 10.1. The normalized spacial score (nSPS) is 10.8. The van der Waals surface area contributed by atoms with Gasteiger partial charge in [-0.25, -0.2) is 0 Å². The Labute approximate surface area is 108 Å². The lowest BCUT2D eigenvalue weighted by molar-refractivity contribution is 0.296. The van der Waals surface area contributed by atoms with E-state index in [1.165, 1.54) is 5.56 Å². The lowest BCUT2D eigenvalue weighted by atomic mass is 10.2. The number of rotatable bonds is 6. The largest absolute Gasteiger partial charge is 0.341 e. The Hall–Kier alpha value is -1.81. The van der Waals surface area contributed by atoms with Gasteiger partial charge >= 0.3 is 0 Å². The SMILES string of the molecule is CCN(CC)Cc1cccc(Nc2ccn[nH]2)c1. The molecule has 1 aromatic carbocycles. The summed E-state index contributed by atoms with van der Waals surface area (Å²) in [6, 6.07) is 10.4. The third kappa shape index (κ3) is 3.34. The van der Waals surface area contributed by atoms with Crippen LogP contribution in [0.15, 0.2) is 36.5 Å². The summed E-state index contributed by atoms with van der Waals surface area (Å²) in [5.74, 6) is 0.912. The van der Waals surface area contributed by atoms with Crippen LogP contribution in [0.1, 0.15) is 19.4 Å². The molecule has 1 heterocycles. The molecule has 0 bridgehead atoms. The van der Waals surface area contributed by atoms with Gasteiger partial charge < -0.3 is 5.32 Å². The summed E-state index contributed by atoms with van der Waals surface area (Å²) < 4.78 is 0. The molecule has 18 heavy (non-hydrogen) atoms. The molecule has 0 radical (unpaired) electrons. The molecule has 0 unspecified atom stereocenters. The summed E-state index contributed by atoms with van der Waals surface area (Å²) in [4.78, 5) is 2.40. The number of benzene rings is 1. The Bertz CT molecular complexity index is 460. The predicted molar refractivity (Wildman–Crippen MR) is 74.9 cm³/mol. The van der Waals surface area contributed by atoms with Crippen LogP contribution in [0.2, 0.25) is 0 Å². The molecule has 0 saturated heterocycles. The Kier molecular flexibility index (Phi) is 4.36. The van der Waals surface area contributed by atoms with Gasteiger partial charge in [0.2, 0.25) is 0 Å². The third-order valence-corrected chi connectivity index (χ3v) is 3.01. The van der Waals surface area contributed by atoms with Crippen LogP contribution in [0, 0.1) is 0 Å². The van der Waals surface area contributed by atoms with Crippen LogP contribution in [-0.4, -0.2) is 28.2 Å². The lowest BCUT2D eigenvalue weighted by Gasteiger charge is -2.18. The minimum atomic E-state index is 0.912. The second-order valence-electron chi connectivity index (χ2n) is 4.26. The fourth-order valence-corrected chi connectivity index (χ4v) is 1.93. The monoisotopic (exact) mass is 244 g/mol. The highest BCUT2D eigenvalue weighted by atomic mass is 15.2. The van der Waals surface area contributed by atoms with Crippen molar-refractivity contribution in [3.05, 3.63) is 42.1 Å². The molecule has 0 amide bonds. The zero-order valence-electron chi connectivity index (χ0n) is 11.0. The van der Waals surface area contributed by atoms with Gasteiger partial charge in [0.15, 0.2) is 0 Å². The van der Waals surface area contributed by atoms with Gasteiger partial charge in [0, 0.05) is 18.3 Å². The molecule has 0 aliphatic rings. The first kappa shape index (κ1) is 12.6. The van der Waals surface area contributed by atoms with Crippen molar-refractivity contribution in [2.75, 3.05) is 18.4 Å². The molecule has 96 valence electrons. The highest BCUT2D eigenvalue weighted by molar-refractivity contribution is 5.56. The van der Waals surface area contributed by atoms with Crippen LogP contribution in [0.3, 0.4) is 0 Å². The minimum absolute atomic E-state index is 0.912. The van der Waals surface area contributed by atoms with Gasteiger partial charge in [0.25, 0.3) is 0 Å². The van der Waals surface area contributed by atoms with Crippen LogP contribution in [0.4, 0.5) is 11.5 Å². The lowest BCUT2D eigenvalue weighted by Crippen LogP contribution is -2.22. The Balaban J connectivity index is 2.05. The van der Waals surface area contributed by atoms with Gasteiger partial charge in [-0.15, -0.1) is 0 Å². The van der Waals surface area contributed by atoms with Crippen LogP contribution >= 0.6 is 0 Å². The summed E-state index contributed by atoms with van der Waals surface area (Å²) in [6.45, 7) is 7.53. The maximum Gasteiger partial charge on any atom is 0.125 e. The maximum atomic E-state index is 3.92. The van der Waals surface area contributed by atoms with Crippen molar-refractivity contribution in [1.82, 2.24) is 15.1 Å². The number of nitrogens with one attached hydrogen (secondary N) is 2. The van der Waals surface area contributed by atoms with Crippen molar-refractivity contribution in [2.45, 2.75) is 20.4 Å². The van der Waals surface area contributed by atoms with E-state index in [4.69, 9.17) is 0 Å². The number of aromatic nitrogens is 2. The Morgan fingerprint density at radius 3 is 2.72 bits per heavy atom. The molecule has 0 aliphatic carbocycles. The summed E-state index contributed by atoms with van der Waals surface area (Å²) in [6.07, 6.45) is 1.74. The number of H-pyrrole nitrogens is 1. The summed E-state index contributed by atoms with van der Waals surface area (Å²) in [5.41, 5.74) is 2.41. The fourth-order valence-electron chi connectivity index (χ4n) is 1.93. The van der Waals surface area contributed by atoms with Crippen LogP contribution in [-0.2, 0) is 6.54 Å². The highest BCUT2D eigenvalue weighted by Gasteiger charge is 2.02. The molecule has 2 aromatic rings. The molecular formula is C14H20N4. The van der Waals surface area contributed by atoms with Crippen molar-refractivity contribution in [3.8, 4) is 0 Å². The first-order valence-electron chi connectivity index (χ1n) is 6.39. The van der Waals surface area contributed by atoms with E-state index in [0.717, 1.165) is 31.1 Å². The van der Waals surface area contributed by atoms with E-state index in [2.05, 4.69) is 58.5 Å². The molecule has 0 fully saturated rings. The first-order valence-corrected chi connectivity index (χ1v) is 6.39. The smallest absolute Gasteiger partial charge is 0.125 e. The molecule has 0 atom stereocenters. The summed E-state index contributed by atoms with van der Waals surface area (Å²) in [7, 11) is 0. The summed E-state index contributed by atoms with van der Waals surface area (Å²) >= 11 is 0. The van der Waals surface area contributed by atoms with Crippen molar-refractivity contribution in [2.24, 2.45) is 0 Å². The molecule has 0 spiro atoms. The van der Waals surface area contributed by atoms with E-state index < -0.39 is 0 Å². The molecule has 4 heteroatoms. The number of hydrogen-bond acceptors (Lipinski definition) is 3. The number of hydrogen-bond donors (Lipinski definition) is 2. The molecule has 2 rings (SSSR count). The van der Waals surface area contributed by atoms with Gasteiger partial charge in [-0.2, -0.15) is 5.10 Å².